The molecule has 0 spiro atoms. The van der Waals surface area contributed by atoms with Gasteiger partial charge in [-0.1, -0.05) is 18.5 Å². The fraction of sp³-hybridized carbons (Fsp3) is 0.417. The molecule has 0 fully saturated rings. The van der Waals surface area contributed by atoms with Gasteiger partial charge in [0, 0.05) is 23.7 Å². The number of rotatable bonds is 4. The Bertz CT molecular complexity index is 379. The van der Waals surface area contributed by atoms with E-state index >= 15 is 0 Å². The molecule has 0 aliphatic rings. The summed E-state index contributed by atoms with van der Waals surface area (Å²) in [4.78, 5) is 11.7. The van der Waals surface area contributed by atoms with Crippen LogP contribution in [0.5, 0.6) is 0 Å². The van der Waals surface area contributed by atoms with Gasteiger partial charge in [-0.15, -0.1) is 0 Å². The zero-order chi connectivity index (χ0) is 12.1. The Balaban J connectivity index is 2.63. The van der Waals surface area contributed by atoms with Crippen LogP contribution in [0.15, 0.2) is 18.2 Å². The smallest absolute Gasteiger partial charge is 0.251 e. The Morgan fingerprint density at radius 2 is 2.25 bits per heavy atom. The first-order valence-corrected chi connectivity index (χ1v) is 5.57. The highest BCUT2D eigenvalue weighted by molar-refractivity contribution is 6.31. The zero-order valence-corrected chi connectivity index (χ0v) is 10.2. The number of aliphatic hydroxyl groups excluding tert-OH is 1. The van der Waals surface area contributed by atoms with Crippen LogP contribution in [-0.4, -0.2) is 24.2 Å². The number of benzene rings is 1. The van der Waals surface area contributed by atoms with Crippen LogP contribution >= 0.6 is 11.6 Å². The van der Waals surface area contributed by atoms with Gasteiger partial charge >= 0.3 is 0 Å². The number of hydrogen-bond donors (Lipinski definition) is 2. The van der Waals surface area contributed by atoms with E-state index in [0.717, 1.165) is 5.56 Å². The molecule has 1 unspecified atom stereocenters. The van der Waals surface area contributed by atoms with Crippen molar-refractivity contribution in [3.8, 4) is 0 Å². The van der Waals surface area contributed by atoms with Crippen molar-refractivity contribution < 1.29 is 9.90 Å². The minimum atomic E-state index is -0.139. The Labute approximate surface area is 100 Å². The van der Waals surface area contributed by atoms with Gasteiger partial charge in [-0.25, -0.2) is 0 Å². The van der Waals surface area contributed by atoms with Crippen molar-refractivity contribution in [3.63, 3.8) is 0 Å². The van der Waals surface area contributed by atoms with Gasteiger partial charge in [-0.3, -0.25) is 4.79 Å². The van der Waals surface area contributed by atoms with E-state index in [2.05, 4.69) is 5.32 Å². The molecule has 0 bridgehead atoms. The van der Waals surface area contributed by atoms with Gasteiger partial charge in [0.1, 0.15) is 0 Å². The molecule has 88 valence electrons. The first-order valence-electron chi connectivity index (χ1n) is 5.19. The van der Waals surface area contributed by atoms with Crippen molar-refractivity contribution >= 4 is 17.5 Å². The standard InChI is InChI=1S/C12H16ClNO2/c1-8(7-15)6-14-12(16)10-3-4-11(13)9(2)5-10/h3-5,8,15H,6-7H2,1-2H3,(H,14,16). The zero-order valence-electron chi connectivity index (χ0n) is 9.46. The van der Waals surface area contributed by atoms with Gasteiger partial charge in [-0.2, -0.15) is 0 Å². The Hall–Kier alpha value is -1.06. The molecule has 1 aromatic carbocycles. The van der Waals surface area contributed by atoms with E-state index in [0.29, 0.717) is 17.1 Å². The van der Waals surface area contributed by atoms with E-state index in [1.807, 2.05) is 13.8 Å². The summed E-state index contributed by atoms with van der Waals surface area (Å²) in [6, 6.07) is 5.15. The molecule has 1 rings (SSSR count). The quantitative estimate of drug-likeness (QED) is 0.847. The monoisotopic (exact) mass is 241 g/mol. The van der Waals surface area contributed by atoms with E-state index in [-0.39, 0.29) is 18.4 Å². The van der Waals surface area contributed by atoms with Gasteiger partial charge in [0.25, 0.3) is 5.91 Å². The van der Waals surface area contributed by atoms with Crippen LogP contribution < -0.4 is 5.32 Å². The minimum Gasteiger partial charge on any atom is -0.396 e. The number of carbonyl (C=O) groups is 1. The summed E-state index contributed by atoms with van der Waals surface area (Å²) in [5.41, 5.74) is 1.47. The summed E-state index contributed by atoms with van der Waals surface area (Å²) in [5, 5.41) is 12.2. The van der Waals surface area contributed by atoms with E-state index in [9.17, 15) is 4.79 Å². The van der Waals surface area contributed by atoms with Gasteiger partial charge in [0.2, 0.25) is 0 Å². The summed E-state index contributed by atoms with van der Waals surface area (Å²) >= 11 is 5.87. The number of hydrogen-bond acceptors (Lipinski definition) is 2. The molecule has 16 heavy (non-hydrogen) atoms. The fourth-order valence-corrected chi connectivity index (χ4v) is 1.34. The van der Waals surface area contributed by atoms with Crippen molar-refractivity contribution in [2.75, 3.05) is 13.2 Å². The van der Waals surface area contributed by atoms with Crippen LogP contribution in [0.2, 0.25) is 5.02 Å². The van der Waals surface area contributed by atoms with Crippen LogP contribution in [0.25, 0.3) is 0 Å². The van der Waals surface area contributed by atoms with Crippen LogP contribution in [0.4, 0.5) is 0 Å². The largest absolute Gasteiger partial charge is 0.396 e. The van der Waals surface area contributed by atoms with Crippen LogP contribution in [-0.2, 0) is 0 Å². The molecule has 1 amide bonds. The third-order valence-corrected chi connectivity index (χ3v) is 2.77. The summed E-state index contributed by atoms with van der Waals surface area (Å²) < 4.78 is 0. The Morgan fingerprint density at radius 3 is 2.81 bits per heavy atom. The molecule has 4 heteroatoms. The third kappa shape index (κ3) is 3.51. The molecule has 1 aromatic rings. The lowest BCUT2D eigenvalue weighted by atomic mass is 10.1. The van der Waals surface area contributed by atoms with Crippen molar-refractivity contribution in [1.29, 1.82) is 0 Å². The van der Waals surface area contributed by atoms with Crippen molar-refractivity contribution in [2.24, 2.45) is 5.92 Å². The molecule has 0 saturated heterocycles. The number of amides is 1. The van der Waals surface area contributed by atoms with Crippen molar-refractivity contribution in [3.05, 3.63) is 34.3 Å². The van der Waals surface area contributed by atoms with E-state index < -0.39 is 0 Å². The van der Waals surface area contributed by atoms with Gasteiger partial charge in [0.05, 0.1) is 0 Å². The van der Waals surface area contributed by atoms with Crippen LogP contribution in [0.1, 0.15) is 22.8 Å². The number of aryl methyl sites for hydroxylation is 1. The fourth-order valence-electron chi connectivity index (χ4n) is 1.22. The summed E-state index contributed by atoms with van der Waals surface area (Å²) in [6.45, 7) is 4.26. The lowest BCUT2D eigenvalue weighted by Crippen LogP contribution is -2.29. The summed E-state index contributed by atoms with van der Waals surface area (Å²) in [7, 11) is 0. The molecule has 0 heterocycles. The Kier molecular flexibility index (Phi) is 4.77. The second-order valence-electron chi connectivity index (χ2n) is 3.96. The number of nitrogens with one attached hydrogen (secondary N) is 1. The second-order valence-corrected chi connectivity index (χ2v) is 4.37. The second kappa shape index (κ2) is 5.87. The molecular formula is C12H16ClNO2. The first kappa shape index (κ1) is 13.0. The van der Waals surface area contributed by atoms with Gasteiger partial charge in [0.15, 0.2) is 0 Å². The first-order chi connectivity index (χ1) is 7.54. The normalized spacial score (nSPS) is 12.2. The van der Waals surface area contributed by atoms with E-state index in [1.165, 1.54) is 0 Å². The summed E-state index contributed by atoms with van der Waals surface area (Å²) in [6.07, 6.45) is 0. The molecular weight excluding hydrogens is 226 g/mol. The van der Waals surface area contributed by atoms with Gasteiger partial charge in [-0.05, 0) is 36.6 Å². The maximum Gasteiger partial charge on any atom is 0.251 e. The third-order valence-electron chi connectivity index (χ3n) is 2.34. The number of aliphatic hydroxyl groups is 1. The highest BCUT2D eigenvalue weighted by atomic mass is 35.5. The highest BCUT2D eigenvalue weighted by Crippen LogP contribution is 2.16. The number of carbonyl (C=O) groups excluding carboxylic acids is 1. The lowest BCUT2D eigenvalue weighted by molar-refractivity contribution is 0.0942. The van der Waals surface area contributed by atoms with Crippen molar-refractivity contribution in [2.45, 2.75) is 13.8 Å². The molecule has 2 N–H and O–H groups in total. The molecule has 0 radical (unpaired) electrons. The molecule has 3 nitrogen and oxygen atoms in total. The maximum atomic E-state index is 11.7. The van der Waals surface area contributed by atoms with Crippen molar-refractivity contribution in [1.82, 2.24) is 5.32 Å². The number of halogens is 1. The molecule has 0 saturated carbocycles. The van der Waals surface area contributed by atoms with Crippen LogP contribution in [0, 0.1) is 12.8 Å². The van der Waals surface area contributed by atoms with Gasteiger partial charge < -0.3 is 10.4 Å². The highest BCUT2D eigenvalue weighted by Gasteiger charge is 2.08. The average molecular weight is 242 g/mol. The average Bonchev–Trinajstić information content (AvgIpc) is 2.29. The van der Waals surface area contributed by atoms with E-state index in [4.69, 9.17) is 16.7 Å². The minimum absolute atomic E-state index is 0.0670. The topological polar surface area (TPSA) is 49.3 Å². The summed E-state index contributed by atoms with van der Waals surface area (Å²) in [5.74, 6) is -0.0718. The SMILES string of the molecule is Cc1cc(C(=O)NCC(C)CO)ccc1Cl. The molecule has 0 aromatic heterocycles. The van der Waals surface area contributed by atoms with Crippen LogP contribution in [0.3, 0.4) is 0 Å². The lowest BCUT2D eigenvalue weighted by Gasteiger charge is -2.10. The molecule has 0 aliphatic carbocycles. The molecule has 0 aliphatic heterocycles. The predicted molar refractivity (Wildman–Crippen MR) is 64.8 cm³/mol. The maximum absolute atomic E-state index is 11.7. The molecule has 1 atom stereocenters. The Morgan fingerprint density at radius 1 is 1.56 bits per heavy atom. The van der Waals surface area contributed by atoms with E-state index in [1.54, 1.807) is 18.2 Å². The predicted octanol–water partition coefficient (Wildman–Crippen LogP) is 2.01.